The minimum atomic E-state index is -0.150. The minimum absolute atomic E-state index is 0.0316. The maximum atomic E-state index is 13.4. The second-order valence-corrected chi connectivity index (χ2v) is 19.1. The van der Waals surface area contributed by atoms with E-state index in [-0.39, 0.29) is 23.4 Å². The van der Waals surface area contributed by atoms with E-state index in [0.717, 1.165) is 129 Å². The number of rotatable bonds is 43. The molecular weight excluding hydrogens is 757 g/mol. The van der Waals surface area contributed by atoms with E-state index in [0.29, 0.717) is 19.1 Å². The molecule has 1 saturated heterocycles. The molecule has 0 aromatic rings. The molecule has 1 fully saturated rings. The molecular formula is C54H104N2O5. The Morgan fingerprint density at radius 2 is 0.984 bits per heavy atom. The second kappa shape index (κ2) is 39.8. The van der Waals surface area contributed by atoms with Gasteiger partial charge in [0.15, 0.2) is 0 Å². The fourth-order valence-electron chi connectivity index (χ4n) is 9.61. The fraction of sp³-hybridized carbons (Fsp3) is 0.926. The van der Waals surface area contributed by atoms with Crippen molar-refractivity contribution in [3.05, 3.63) is 12.3 Å². The molecule has 0 aromatic carbocycles. The minimum Gasteiger partial charge on any atom is -0.498 e. The monoisotopic (exact) mass is 861 g/mol. The Morgan fingerprint density at radius 3 is 1.49 bits per heavy atom. The van der Waals surface area contributed by atoms with Gasteiger partial charge in [-0.1, -0.05) is 177 Å². The van der Waals surface area contributed by atoms with Crippen molar-refractivity contribution in [3.8, 4) is 0 Å². The first-order chi connectivity index (χ1) is 29.8. The van der Waals surface area contributed by atoms with Crippen molar-refractivity contribution >= 4 is 12.1 Å². The number of amides is 1. The molecule has 0 N–H and O–H groups in total. The van der Waals surface area contributed by atoms with Gasteiger partial charge >= 0.3 is 12.1 Å². The molecule has 3 unspecified atom stereocenters. The molecule has 360 valence electrons. The highest BCUT2D eigenvalue weighted by molar-refractivity contribution is 5.72. The lowest BCUT2D eigenvalue weighted by atomic mass is 9.72. The third kappa shape index (κ3) is 29.3. The molecule has 1 aliphatic rings. The molecule has 0 aromatic heterocycles. The lowest BCUT2D eigenvalue weighted by molar-refractivity contribution is -0.149. The van der Waals surface area contributed by atoms with Crippen LogP contribution in [0, 0.1) is 17.3 Å². The lowest BCUT2D eigenvalue weighted by Crippen LogP contribution is -2.46. The Kier molecular flexibility index (Phi) is 37.4. The maximum absolute atomic E-state index is 13.4. The predicted octanol–water partition coefficient (Wildman–Crippen LogP) is 16.0. The van der Waals surface area contributed by atoms with Gasteiger partial charge in [0.2, 0.25) is 0 Å². The van der Waals surface area contributed by atoms with E-state index in [4.69, 9.17) is 14.2 Å². The van der Waals surface area contributed by atoms with Crippen molar-refractivity contribution in [1.82, 2.24) is 9.80 Å². The van der Waals surface area contributed by atoms with Gasteiger partial charge in [-0.25, -0.2) is 4.79 Å². The zero-order valence-electron chi connectivity index (χ0n) is 41.8. The average molecular weight is 861 g/mol. The number of unbranched alkanes of at least 4 members (excludes halogenated alkanes) is 18. The van der Waals surface area contributed by atoms with Gasteiger partial charge in [-0.2, -0.15) is 0 Å². The van der Waals surface area contributed by atoms with Crippen molar-refractivity contribution in [2.75, 3.05) is 52.5 Å². The number of esters is 1. The molecule has 7 heteroatoms. The molecule has 1 rings (SSSR count). The Bertz CT molecular complexity index is 977. The van der Waals surface area contributed by atoms with Crippen molar-refractivity contribution in [2.45, 2.75) is 253 Å². The van der Waals surface area contributed by atoms with Gasteiger partial charge in [0.1, 0.15) is 0 Å². The van der Waals surface area contributed by atoms with E-state index >= 15 is 0 Å². The summed E-state index contributed by atoms with van der Waals surface area (Å²) in [6.07, 6.45) is 38.7. The summed E-state index contributed by atoms with van der Waals surface area (Å²) < 4.78 is 18.3. The van der Waals surface area contributed by atoms with Crippen molar-refractivity contribution in [2.24, 2.45) is 17.3 Å². The van der Waals surface area contributed by atoms with E-state index in [2.05, 4.69) is 53.0 Å². The number of ether oxygens (including phenoxy) is 3. The summed E-state index contributed by atoms with van der Waals surface area (Å²) in [7, 11) is 0. The van der Waals surface area contributed by atoms with Gasteiger partial charge in [-0.05, 0) is 102 Å². The molecule has 1 aliphatic heterocycles. The number of allylic oxidation sites excluding steroid dienone is 1. The zero-order valence-corrected chi connectivity index (χ0v) is 41.8. The quantitative estimate of drug-likeness (QED) is 0.0346. The van der Waals surface area contributed by atoms with Crippen LogP contribution in [-0.4, -0.2) is 74.4 Å². The van der Waals surface area contributed by atoms with Crippen LogP contribution in [0.3, 0.4) is 0 Å². The Balaban J connectivity index is 2.81. The number of nitrogens with zero attached hydrogens (tertiary/aromatic N) is 2. The van der Waals surface area contributed by atoms with Gasteiger partial charge < -0.3 is 24.0 Å². The third-order valence-electron chi connectivity index (χ3n) is 13.8. The largest absolute Gasteiger partial charge is 0.498 e. The van der Waals surface area contributed by atoms with E-state index < -0.39 is 0 Å². The summed E-state index contributed by atoms with van der Waals surface area (Å²) in [6, 6.07) is 0. The van der Waals surface area contributed by atoms with Crippen LogP contribution in [0.2, 0.25) is 0 Å². The normalized spacial score (nSPS) is 16.5. The Morgan fingerprint density at radius 1 is 0.541 bits per heavy atom. The second-order valence-electron chi connectivity index (χ2n) is 19.1. The molecule has 0 bridgehead atoms. The SMILES string of the molecule is C=C(OCCCCC1(CCCCOC(=O)C(CCCCCC)CCCCCCCC)CCCN(C(=O)OCCCN(CC)CC)C1)C(CCCCCC)CCCCCCCC. The first kappa shape index (κ1) is 57.3. The fourth-order valence-corrected chi connectivity index (χ4v) is 9.61. The standard InChI is InChI=1S/C54H104N2O5/c1-8-14-18-22-24-28-37-50(36-26-20-16-10-3)49(7)59-45-32-30-40-54(42-34-44-56(48-54)53(58)61-47-35-43-55(12-5)13-6)41-31-33-46-60-52(57)51(38-27-21-17-11-4)39-29-25-23-19-15-9-2/h50-51H,7-48H2,1-6H3. The predicted molar refractivity (Wildman–Crippen MR) is 261 cm³/mol. The molecule has 1 amide bonds. The van der Waals surface area contributed by atoms with Crippen LogP contribution >= 0.6 is 0 Å². The van der Waals surface area contributed by atoms with Crippen LogP contribution in [-0.2, 0) is 19.0 Å². The number of likely N-dealkylation sites (tertiary alicyclic amines) is 1. The van der Waals surface area contributed by atoms with Gasteiger partial charge in [-0.15, -0.1) is 0 Å². The van der Waals surface area contributed by atoms with Crippen LogP contribution in [0.15, 0.2) is 12.3 Å². The molecule has 7 nitrogen and oxygen atoms in total. The summed E-state index contributed by atoms with van der Waals surface area (Å²) in [5.41, 5.74) is 0.0543. The summed E-state index contributed by atoms with van der Waals surface area (Å²) in [4.78, 5) is 31.1. The molecule has 0 saturated carbocycles. The number of piperidine rings is 1. The molecule has 0 aliphatic carbocycles. The maximum Gasteiger partial charge on any atom is 0.409 e. The molecule has 0 spiro atoms. The summed E-state index contributed by atoms with van der Waals surface area (Å²) >= 11 is 0. The number of carbonyl (C=O) groups is 2. The molecule has 3 atom stereocenters. The highest BCUT2D eigenvalue weighted by Gasteiger charge is 2.37. The van der Waals surface area contributed by atoms with E-state index in [1.807, 2.05) is 4.90 Å². The smallest absolute Gasteiger partial charge is 0.409 e. The van der Waals surface area contributed by atoms with Gasteiger partial charge in [0, 0.05) is 25.6 Å². The van der Waals surface area contributed by atoms with E-state index in [1.165, 1.54) is 128 Å². The first-order valence-corrected chi connectivity index (χ1v) is 26.9. The molecule has 61 heavy (non-hydrogen) atoms. The van der Waals surface area contributed by atoms with Gasteiger partial charge in [0.25, 0.3) is 0 Å². The summed E-state index contributed by atoms with van der Waals surface area (Å²) in [6.45, 7) is 24.2. The van der Waals surface area contributed by atoms with Crippen LogP contribution in [0.1, 0.15) is 253 Å². The molecule has 0 radical (unpaired) electrons. The van der Waals surface area contributed by atoms with E-state index in [1.54, 1.807) is 0 Å². The average Bonchev–Trinajstić information content (AvgIpc) is 3.27. The number of carbonyl (C=O) groups excluding carboxylic acids is 2. The van der Waals surface area contributed by atoms with Crippen LogP contribution in [0.5, 0.6) is 0 Å². The highest BCUT2D eigenvalue weighted by Crippen LogP contribution is 2.40. The number of hydrogen-bond donors (Lipinski definition) is 0. The van der Waals surface area contributed by atoms with Gasteiger partial charge in [-0.3, -0.25) is 4.79 Å². The van der Waals surface area contributed by atoms with Gasteiger partial charge in [0.05, 0.1) is 31.5 Å². The van der Waals surface area contributed by atoms with E-state index in [9.17, 15) is 9.59 Å². The lowest BCUT2D eigenvalue weighted by Gasteiger charge is -2.43. The van der Waals surface area contributed by atoms with Crippen LogP contribution < -0.4 is 0 Å². The first-order valence-electron chi connectivity index (χ1n) is 26.9. The zero-order chi connectivity index (χ0) is 44.7. The van der Waals surface area contributed by atoms with Crippen molar-refractivity contribution in [1.29, 1.82) is 0 Å². The Labute approximate surface area is 380 Å². The summed E-state index contributed by atoms with van der Waals surface area (Å²) in [5.74, 6) is 1.56. The van der Waals surface area contributed by atoms with Crippen LogP contribution in [0.4, 0.5) is 4.79 Å². The topological polar surface area (TPSA) is 68.3 Å². The Hall–Kier alpha value is -1.76. The van der Waals surface area contributed by atoms with Crippen molar-refractivity contribution < 1.29 is 23.8 Å². The summed E-state index contributed by atoms with van der Waals surface area (Å²) in [5, 5.41) is 0. The molecule has 1 heterocycles. The van der Waals surface area contributed by atoms with Crippen LogP contribution in [0.25, 0.3) is 0 Å². The van der Waals surface area contributed by atoms with Crippen molar-refractivity contribution in [3.63, 3.8) is 0 Å². The third-order valence-corrected chi connectivity index (χ3v) is 13.8. The number of hydrogen-bond acceptors (Lipinski definition) is 6. The highest BCUT2D eigenvalue weighted by atomic mass is 16.6.